The molecule has 0 saturated carbocycles. The quantitative estimate of drug-likeness (QED) is 0.860. The van der Waals surface area contributed by atoms with Crippen molar-refractivity contribution in [3.05, 3.63) is 45.8 Å². The molecule has 122 valence electrons. The molecule has 0 aliphatic carbocycles. The van der Waals surface area contributed by atoms with Crippen molar-refractivity contribution < 1.29 is 4.79 Å². The van der Waals surface area contributed by atoms with E-state index in [0.29, 0.717) is 27.4 Å². The number of aryl methyl sites for hydroxylation is 1. The molecular weight excluding hydrogens is 335 g/mol. The summed E-state index contributed by atoms with van der Waals surface area (Å²) in [5, 5.41) is 6.77. The fourth-order valence-corrected chi connectivity index (χ4v) is 2.24. The number of nitrogens with one attached hydrogen (secondary N) is 2. The van der Waals surface area contributed by atoms with Crippen molar-refractivity contribution in [1.82, 2.24) is 15.3 Å². The van der Waals surface area contributed by atoms with E-state index >= 15 is 0 Å². The number of carbonyl (C=O) groups excluding carboxylic acids is 1. The lowest BCUT2D eigenvalue weighted by molar-refractivity contribution is 0.0914. The molecule has 1 amide bonds. The molecule has 0 unspecified atom stereocenters. The van der Waals surface area contributed by atoms with Gasteiger partial charge in [0.05, 0.1) is 15.7 Å². The highest BCUT2D eigenvalue weighted by molar-refractivity contribution is 6.43. The molecule has 1 heterocycles. The molecule has 0 atom stereocenters. The maximum Gasteiger partial charge on any atom is 0.270 e. The summed E-state index contributed by atoms with van der Waals surface area (Å²) in [6.45, 7) is 7.44. The minimum Gasteiger partial charge on any atom is -0.346 e. The number of nitrogens with zero attached hydrogens (tertiary/aromatic N) is 2. The normalized spacial score (nSPS) is 11.2. The Morgan fingerprint density at radius 3 is 2.52 bits per heavy atom. The van der Waals surface area contributed by atoms with Crippen LogP contribution in [0.4, 0.5) is 11.5 Å². The topological polar surface area (TPSA) is 66.9 Å². The maximum atomic E-state index is 12.3. The summed E-state index contributed by atoms with van der Waals surface area (Å²) in [6.07, 6.45) is 0. The zero-order valence-corrected chi connectivity index (χ0v) is 14.9. The Hall–Kier alpha value is -1.85. The molecule has 0 spiro atoms. The first-order valence-corrected chi connectivity index (χ1v) is 7.80. The molecule has 0 saturated heterocycles. The van der Waals surface area contributed by atoms with Gasteiger partial charge >= 0.3 is 0 Å². The number of anilines is 2. The van der Waals surface area contributed by atoms with Crippen molar-refractivity contribution in [1.29, 1.82) is 0 Å². The van der Waals surface area contributed by atoms with E-state index in [4.69, 9.17) is 23.2 Å². The number of amides is 1. The van der Waals surface area contributed by atoms with E-state index in [0.717, 1.165) is 0 Å². The molecule has 0 aliphatic heterocycles. The zero-order valence-electron chi connectivity index (χ0n) is 13.4. The minimum absolute atomic E-state index is 0.261. The zero-order chi connectivity index (χ0) is 17.2. The second-order valence-electron chi connectivity index (χ2n) is 6.12. The predicted molar refractivity (Wildman–Crippen MR) is 93.7 cm³/mol. The molecule has 2 N–H and O–H groups in total. The first kappa shape index (κ1) is 17.5. The number of benzene rings is 1. The van der Waals surface area contributed by atoms with Gasteiger partial charge in [0.15, 0.2) is 0 Å². The molecule has 1 aromatic carbocycles. The summed E-state index contributed by atoms with van der Waals surface area (Å²) < 4.78 is 0. The fraction of sp³-hybridized carbons (Fsp3) is 0.312. The average molecular weight is 353 g/mol. The lowest BCUT2D eigenvalue weighted by atomic mass is 10.1. The molecule has 7 heteroatoms. The Morgan fingerprint density at radius 1 is 1.17 bits per heavy atom. The molecule has 5 nitrogen and oxygen atoms in total. The lowest BCUT2D eigenvalue weighted by Crippen LogP contribution is -2.41. The van der Waals surface area contributed by atoms with E-state index in [1.165, 1.54) is 0 Å². The van der Waals surface area contributed by atoms with Crippen LogP contribution in [0.25, 0.3) is 0 Å². The van der Waals surface area contributed by atoms with E-state index in [-0.39, 0.29) is 17.1 Å². The molecule has 0 bridgehead atoms. The van der Waals surface area contributed by atoms with Crippen molar-refractivity contribution in [3.63, 3.8) is 0 Å². The second kappa shape index (κ2) is 6.72. The van der Waals surface area contributed by atoms with Crippen LogP contribution in [-0.4, -0.2) is 21.4 Å². The van der Waals surface area contributed by atoms with Crippen LogP contribution in [-0.2, 0) is 0 Å². The Balaban J connectivity index is 2.30. The third kappa shape index (κ3) is 4.81. The van der Waals surface area contributed by atoms with Gasteiger partial charge in [0.25, 0.3) is 5.91 Å². The summed E-state index contributed by atoms with van der Waals surface area (Å²) >= 11 is 12.2. The smallest absolute Gasteiger partial charge is 0.270 e. The highest BCUT2D eigenvalue weighted by atomic mass is 35.5. The van der Waals surface area contributed by atoms with Crippen LogP contribution in [0.2, 0.25) is 10.0 Å². The van der Waals surface area contributed by atoms with Gasteiger partial charge in [-0.2, -0.15) is 0 Å². The van der Waals surface area contributed by atoms with Gasteiger partial charge in [-0.15, -0.1) is 0 Å². The summed E-state index contributed by atoms with van der Waals surface area (Å²) in [5.74, 6) is 0.691. The van der Waals surface area contributed by atoms with E-state index in [1.807, 2.05) is 20.8 Å². The largest absolute Gasteiger partial charge is 0.346 e. The molecule has 0 radical (unpaired) electrons. The van der Waals surface area contributed by atoms with Gasteiger partial charge < -0.3 is 10.6 Å². The fourth-order valence-electron chi connectivity index (χ4n) is 1.89. The number of carbonyl (C=O) groups is 1. The summed E-state index contributed by atoms with van der Waals surface area (Å²) in [5.41, 5.74) is 0.548. The maximum absolute atomic E-state index is 12.3. The Kier molecular flexibility index (Phi) is 5.12. The van der Waals surface area contributed by atoms with Gasteiger partial charge in [0.1, 0.15) is 17.3 Å². The van der Waals surface area contributed by atoms with Gasteiger partial charge in [-0.05, 0) is 39.8 Å². The Labute approximate surface area is 145 Å². The van der Waals surface area contributed by atoms with E-state index in [2.05, 4.69) is 20.6 Å². The first-order valence-electron chi connectivity index (χ1n) is 7.05. The van der Waals surface area contributed by atoms with Crippen molar-refractivity contribution >= 4 is 40.6 Å². The van der Waals surface area contributed by atoms with Crippen LogP contribution >= 0.6 is 23.2 Å². The van der Waals surface area contributed by atoms with Gasteiger partial charge in [-0.3, -0.25) is 4.79 Å². The molecule has 2 aromatic rings. The summed E-state index contributed by atoms with van der Waals surface area (Å²) in [7, 11) is 0. The number of rotatable bonds is 3. The Morgan fingerprint density at radius 2 is 1.87 bits per heavy atom. The third-order valence-electron chi connectivity index (χ3n) is 2.77. The monoisotopic (exact) mass is 352 g/mol. The van der Waals surface area contributed by atoms with Gasteiger partial charge in [-0.25, -0.2) is 9.97 Å². The van der Waals surface area contributed by atoms with Crippen molar-refractivity contribution in [2.45, 2.75) is 33.2 Å². The van der Waals surface area contributed by atoms with Crippen LogP contribution in [0, 0.1) is 6.92 Å². The highest BCUT2D eigenvalue weighted by Gasteiger charge is 2.18. The van der Waals surface area contributed by atoms with Crippen molar-refractivity contribution in [2.75, 3.05) is 5.32 Å². The highest BCUT2D eigenvalue weighted by Crippen LogP contribution is 2.31. The molecular formula is C16H18Cl2N4O. The van der Waals surface area contributed by atoms with E-state index in [9.17, 15) is 4.79 Å². The SMILES string of the molecule is Cc1nc(Nc2cccc(Cl)c2Cl)cc(C(=O)NC(C)(C)C)n1. The lowest BCUT2D eigenvalue weighted by Gasteiger charge is -2.20. The van der Waals surface area contributed by atoms with E-state index in [1.54, 1.807) is 31.2 Å². The average Bonchev–Trinajstić information content (AvgIpc) is 2.41. The van der Waals surface area contributed by atoms with Crippen LogP contribution in [0.15, 0.2) is 24.3 Å². The standard InChI is InChI=1S/C16H18Cl2N4O/c1-9-19-12(15(23)22-16(2,3)4)8-13(20-9)21-11-7-5-6-10(17)14(11)18/h5-8H,1-4H3,(H,22,23)(H,19,20,21). The van der Waals surface area contributed by atoms with Crippen LogP contribution in [0.5, 0.6) is 0 Å². The second-order valence-corrected chi connectivity index (χ2v) is 6.90. The van der Waals surface area contributed by atoms with Gasteiger partial charge in [-0.1, -0.05) is 29.3 Å². The number of hydrogen-bond acceptors (Lipinski definition) is 4. The summed E-state index contributed by atoms with van der Waals surface area (Å²) in [6, 6.07) is 6.83. The molecule has 23 heavy (non-hydrogen) atoms. The Bertz CT molecular complexity index is 741. The predicted octanol–water partition coefficient (Wildman–Crippen LogP) is 4.36. The molecule has 2 rings (SSSR count). The molecule has 1 aromatic heterocycles. The number of hydrogen-bond donors (Lipinski definition) is 2. The van der Waals surface area contributed by atoms with E-state index < -0.39 is 0 Å². The van der Waals surface area contributed by atoms with Crippen molar-refractivity contribution in [3.8, 4) is 0 Å². The molecule has 0 fully saturated rings. The first-order chi connectivity index (χ1) is 10.7. The molecule has 0 aliphatic rings. The van der Waals surface area contributed by atoms with Crippen molar-refractivity contribution in [2.24, 2.45) is 0 Å². The van der Waals surface area contributed by atoms with Crippen LogP contribution in [0.3, 0.4) is 0 Å². The van der Waals surface area contributed by atoms with Gasteiger partial charge in [0.2, 0.25) is 0 Å². The number of aromatic nitrogens is 2. The minimum atomic E-state index is -0.347. The number of halogens is 2. The third-order valence-corrected chi connectivity index (χ3v) is 3.59. The summed E-state index contributed by atoms with van der Waals surface area (Å²) in [4.78, 5) is 20.7. The van der Waals surface area contributed by atoms with Crippen LogP contribution < -0.4 is 10.6 Å². The van der Waals surface area contributed by atoms with Gasteiger partial charge in [0, 0.05) is 11.6 Å². The van der Waals surface area contributed by atoms with Crippen LogP contribution in [0.1, 0.15) is 37.1 Å².